The second-order valence-electron chi connectivity index (χ2n) is 6.44. The van der Waals surface area contributed by atoms with E-state index in [2.05, 4.69) is 17.2 Å². The van der Waals surface area contributed by atoms with E-state index in [9.17, 15) is 4.79 Å². The van der Waals surface area contributed by atoms with Crippen LogP contribution in [0, 0.1) is 0 Å². The van der Waals surface area contributed by atoms with E-state index in [0.717, 1.165) is 23.3 Å². The third-order valence-corrected chi connectivity index (χ3v) is 4.59. The van der Waals surface area contributed by atoms with Crippen LogP contribution in [-0.2, 0) is 6.42 Å². The molecule has 0 aliphatic carbocycles. The van der Waals surface area contributed by atoms with Crippen LogP contribution < -0.4 is 10.1 Å². The molecule has 0 saturated heterocycles. The lowest BCUT2D eigenvalue weighted by Gasteiger charge is -2.07. The number of ether oxygens (including phenoxy) is 1. The van der Waals surface area contributed by atoms with Crippen molar-refractivity contribution in [2.75, 3.05) is 12.4 Å². The largest absolute Gasteiger partial charge is 0.497 e. The standard InChI is InChI=1S/C23H20N2O3/c1-3-15-7-9-16(10-8-15)22(26)24-18-6-4-5-17(13-18)23-25-20-14-19(27-2)11-12-21(20)28-23/h4-14H,3H2,1-2H3,(H,24,26). The van der Waals surface area contributed by atoms with Gasteiger partial charge in [0.05, 0.1) is 7.11 Å². The highest BCUT2D eigenvalue weighted by Gasteiger charge is 2.11. The van der Waals surface area contributed by atoms with Crippen LogP contribution in [0.5, 0.6) is 5.75 Å². The van der Waals surface area contributed by atoms with Crippen LogP contribution in [0.4, 0.5) is 5.69 Å². The fraction of sp³-hybridized carbons (Fsp3) is 0.130. The first-order valence-electron chi connectivity index (χ1n) is 9.11. The third-order valence-electron chi connectivity index (χ3n) is 4.59. The molecule has 0 spiro atoms. The summed E-state index contributed by atoms with van der Waals surface area (Å²) in [7, 11) is 1.62. The fourth-order valence-electron chi connectivity index (χ4n) is 2.98. The summed E-state index contributed by atoms with van der Waals surface area (Å²) in [5, 5.41) is 2.93. The molecule has 5 heteroatoms. The highest BCUT2D eigenvalue weighted by Crippen LogP contribution is 2.28. The second kappa shape index (κ2) is 7.56. The van der Waals surface area contributed by atoms with E-state index in [1.54, 1.807) is 7.11 Å². The molecule has 4 aromatic rings. The van der Waals surface area contributed by atoms with Crippen molar-refractivity contribution >= 4 is 22.7 Å². The summed E-state index contributed by atoms with van der Waals surface area (Å²) in [5.41, 5.74) is 4.69. The average molecular weight is 372 g/mol. The molecule has 4 rings (SSSR count). The van der Waals surface area contributed by atoms with Crippen LogP contribution in [0.25, 0.3) is 22.6 Å². The van der Waals surface area contributed by atoms with Crippen molar-refractivity contribution in [1.29, 1.82) is 0 Å². The molecule has 1 heterocycles. The molecule has 0 atom stereocenters. The molecule has 0 fully saturated rings. The van der Waals surface area contributed by atoms with E-state index in [-0.39, 0.29) is 5.91 Å². The number of hydrogen-bond acceptors (Lipinski definition) is 4. The number of oxazole rings is 1. The van der Waals surface area contributed by atoms with Gasteiger partial charge in [-0.25, -0.2) is 4.98 Å². The van der Waals surface area contributed by atoms with Crippen molar-refractivity contribution < 1.29 is 13.9 Å². The van der Waals surface area contributed by atoms with Gasteiger partial charge in [-0.15, -0.1) is 0 Å². The van der Waals surface area contributed by atoms with Gasteiger partial charge in [0.25, 0.3) is 5.91 Å². The van der Waals surface area contributed by atoms with Gasteiger partial charge in [0.1, 0.15) is 11.3 Å². The first kappa shape index (κ1) is 17.8. The minimum atomic E-state index is -0.151. The Hall–Kier alpha value is -3.60. The van der Waals surface area contributed by atoms with Gasteiger partial charge < -0.3 is 14.5 Å². The monoisotopic (exact) mass is 372 g/mol. The molecule has 1 amide bonds. The Labute approximate surface area is 163 Å². The molecule has 1 aromatic heterocycles. The lowest BCUT2D eigenvalue weighted by atomic mass is 10.1. The Morgan fingerprint density at radius 2 is 1.89 bits per heavy atom. The highest BCUT2D eigenvalue weighted by molar-refractivity contribution is 6.04. The summed E-state index contributed by atoms with van der Waals surface area (Å²) in [6.45, 7) is 2.09. The van der Waals surface area contributed by atoms with Gasteiger partial charge in [-0.3, -0.25) is 4.79 Å². The Kier molecular flexibility index (Phi) is 4.81. The van der Waals surface area contributed by atoms with E-state index in [1.165, 1.54) is 5.56 Å². The van der Waals surface area contributed by atoms with Crippen LogP contribution in [0.3, 0.4) is 0 Å². The number of amides is 1. The average Bonchev–Trinajstić information content (AvgIpc) is 3.17. The molecule has 28 heavy (non-hydrogen) atoms. The van der Waals surface area contributed by atoms with Crippen LogP contribution in [0.1, 0.15) is 22.8 Å². The van der Waals surface area contributed by atoms with Crippen LogP contribution >= 0.6 is 0 Å². The summed E-state index contributed by atoms with van der Waals surface area (Å²) in [6.07, 6.45) is 0.945. The van der Waals surface area contributed by atoms with E-state index < -0.39 is 0 Å². The van der Waals surface area contributed by atoms with Crippen molar-refractivity contribution in [3.63, 3.8) is 0 Å². The zero-order valence-corrected chi connectivity index (χ0v) is 15.7. The van der Waals surface area contributed by atoms with Crippen molar-refractivity contribution in [3.8, 4) is 17.2 Å². The van der Waals surface area contributed by atoms with Crippen molar-refractivity contribution in [1.82, 2.24) is 4.98 Å². The van der Waals surface area contributed by atoms with Crippen molar-refractivity contribution in [2.45, 2.75) is 13.3 Å². The third kappa shape index (κ3) is 3.60. The number of carbonyl (C=O) groups is 1. The number of aromatic nitrogens is 1. The minimum absolute atomic E-state index is 0.151. The predicted molar refractivity (Wildman–Crippen MR) is 110 cm³/mol. The Morgan fingerprint density at radius 1 is 1.07 bits per heavy atom. The summed E-state index contributed by atoms with van der Waals surface area (Å²) in [4.78, 5) is 17.0. The molecule has 0 radical (unpaired) electrons. The first-order chi connectivity index (χ1) is 13.7. The molecule has 0 saturated carbocycles. The molecule has 140 valence electrons. The predicted octanol–water partition coefficient (Wildman–Crippen LogP) is 5.32. The minimum Gasteiger partial charge on any atom is -0.497 e. The van der Waals surface area contributed by atoms with Gasteiger partial charge in [-0.1, -0.05) is 25.1 Å². The Balaban J connectivity index is 1.58. The Bertz CT molecular complexity index is 1130. The molecule has 0 aliphatic rings. The first-order valence-corrected chi connectivity index (χ1v) is 9.11. The number of carbonyl (C=O) groups excluding carboxylic acids is 1. The van der Waals surface area contributed by atoms with Gasteiger partial charge >= 0.3 is 0 Å². The van der Waals surface area contributed by atoms with Crippen LogP contribution in [-0.4, -0.2) is 18.0 Å². The summed E-state index contributed by atoms with van der Waals surface area (Å²) in [6, 6.07) is 20.6. The van der Waals surface area contributed by atoms with Gasteiger partial charge in [0, 0.05) is 22.9 Å². The lowest BCUT2D eigenvalue weighted by Crippen LogP contribution is -2.11. The molecule has 0 aliphatic heterocycles. The number of methoxy groups -OCH3 is 1. The van der Waals surface area contributed by atoms with Gasteiger partial charge in [0.2, 0.25) is 5.89 Å². The van der Waals surface area contributed by atoms with Gasteiger partial charge in [0.15, 0.2) is 5.58 Å². The van der Waals surface area contributed by atoms with E-state index in [4.69, 9.17) is 9.15 Å². The van der Waals surface area contributed by atoms with Crippen LogP contribution in [0.15, 0.2) is 71.1 Å². The number of aryl methyl sites for hydroxylation is 1. The number of benzene rings is 3. The molecule has 0 bridgehead atoms. The van der Waals surface area contributed by atoms with Gasteiger partial charge in [-0.2, -0.15) is 0 Å². The topological polar surface area (TPSA) is 64.4 Å². The summed E-state index contributed by atoms with van der Waals surface area (Å²) >= 11 is 0. The van der Waals surface area contributed by atoms with E-state index in [0.29, 0.717) is 22.7 Å². The van der Waals surface area contributed by atoms with Gasteiger partial charge in [-0.05, 0) is 54.4 Å². The second-order valence-corrected chi connectivity index (χ2v) is 6.44. The molecular formula is C23H20N2O3. The number of nitrogens with zero attached hydrogens (tertiary/aromatic N) is 1. The normalized spacial score (nSPS) is 10.8. The van der Waals surface area contributed by atoms with Crippen molar-refractivity contribution in [2.24, 2.45) is 0 Å². The number of hydrogen-bond donors (Lipinski definition) is 1. The molecule has 5 nitrogen and oxygen atoms in total. The zero-order valence-electron chi connectivity index (χ0n) is 15.7. The Morgan fingerprint density at radius 3 is 2.64 bits per heavy atom. The fourth-order valence-corrected chi connectivity index (χ4v) is 2.98. The SMILES string of the molecule is CCc1ccc(C(=O)Nc2cccc(-c3nc4cc(OC)ccc4o3)c2)cc1. The molecular weight excluding hydrogens is 352 g/mol. The molecule has 3 aromatic carbocycles. The zero-order chi connectivity index (χ0) is 19.5. The maximum Gasteiger partial charge on any atom is 0.255 e. The summed E-state index contributed by atoms with van der Waals surface area (Å²) < 4.78 is 11.1. The van der Waals surface area contributed by atoms with Crippen molar-refractivity contribution in [3.05, 3.63) is 77.9 Å². The van der Waals surface area contributed by atoms with E-state index in [1.807, 2.05) is 66.7 Å². The molecule has 0 unspecified atom stereocenters. The number of rotatable bonds is 5. The lowest BCUT2D eigenvalue weighted by molar-refractivity contribution is 0.102. The maximum atomic E-state index is 12.5. The number of anilines is 1. The quantitative estimate of drug-likeness (QED) is 0.515. The highest BCUT2D eigenvalue weighted by atomic mass is 16.5. The number of nitrogens with one attached hydrogen (secondary N) is 1. The van der Waals surface area contributed by atoms with Crippen LogP contribution in [0.2, 0.25) is 0 Å². The van der Waals surface area contributed by atoms with E-state index >= 15 is 0 Å². The maximum absolute atomic E-state index is 12.5. The number of fused-ring (bicyclic) bond motifs is 1. The summed E-state index contributed by atoms with van der Waals surface area (Å²) in [5.74, 6) is 1.07. The smallest absolute Gasteiger partial charge is 0.255 e. The molecule has 1 N–H and O–H groups in total.